The van der Waals surface area contributed by atoms with E-state index >= 15 is 0 Å². The number of Topliss-reactive ketones (excluding diaryl/α,β-unsaturated/α-hetero) is 2. The topological polar surface area (TPSA) is 69.4 Å². The molecule has 0 bridgehead atoms. The van der Waals surface area contributed by atoms with Crippen molar-refractivity contribution in [3.05, 3.63) is 57.2 Å². The van der Waals surface area contributed by atoms with Gasteiger partial charge in [-0.1, -0.05) is 12.1 Å². The van der Waals surface area contributed by atoms with E-state index in [1.54, 1.807) is 30.3 Å². The maximum Gasteiger partial charge on any atom is 0.163 e. The summed E-state index contributed by atoms with van der Waals surface area (Å²) in [6, 6.07) is 12.3. The molecule has 0 saturated carbocycles. The number of carbonyl (C=O) groups excluding carboxylic acids is 2. The molecule has 0 atom stereocenters. The summed E-state index contributed by atoms with van der Waals surface area (Å²) in [4.78, 5) is 24.3. The summed E-state index contributed by atoms with van der Waals surface area (Å²) in [6.45, 7) is 0. The number of fused-ring (bicyclic) bond motifs is 1. The van der Waals surface area contributed by atoms with Crippen LogP contribution >= 0.6 is 20.7 Å². The number of nitrogen functional groups attached to an aromatic ring is 1. The first-order valence-corrected chi connectivity index (χ1v) is 9.13. The second-order valence-corrected chi connectivity index (χ2v) is 7.23. The second kappa shape index (κ2) is 6.39. The summed E-state index contributed by atoms with van der Waals surface area (Å²) in [6.07, 6.45) is 0.395. The van der Waals surface area contributed by atoms with Gasteiger partial charge in [-0.15, -0.1) is 0 Å². The standard InChI is InChI=1S/C17H14INO3/c19-13-3-1-2-11(8-13)15(20)5-6-16(21)12-4-7-17-14(9-12)18-10-22-17/h1-4,7-10H,5-6,19H2. The van der Waals surface area contributed by atoms with E-state index < -0.39 is 0 Å². The number of nitrogens with two attached hydrogens (primary N) is 1. The van der Waals surface area contributed by atoms with Crippen LogP contribution in [0.4, 0.5) is 5.69 Å². The van der Waals surface area contributed by atoms with Crippen LogP contribution in [0.5, 0.6) is 5.75 Å². The maximum atomic E-state index is 12.2. The third-order valence-electron chi connectivity index (χ3n) is 3.38. The van der Waals surface area contributed by atoms with Gasteiger partial charge in [-0.05, 0) is 51.1 Å². The molecule has 1 aliphatic heterocycles. The van der Waals surface area contributed by atoms with Gasteiger partial charge in [0.15, 0.2) is 11.6 Å². The minimum atomic E-state index is -0.263. The smallest absolute Gasteiger partial charge is 0.163 e. The van der Waals surface area contributed by atoms with Crippen molar-refractivity contribution in [3.63, 3.8) is 0 Å². The quantitative estimate of drug-likeness (QED) is 0.469. The van der Waals surface area contributed by atoms with Crippen LogP contribution in [0.25, 0.3) is 0 Å². The number of carbonyl (C=O) groups is 2. The van der Waals surface area contributed by atoms with E-state index in [9.17, 15) is 9.59 Å². The van der Waals surface area contributed by atoms with E-state index in [0.29, 0.717) is 16.8 Å². The van der Waals surface area contributed by atoms with Gasteiger partial charge in [0.25, 0.3) is 0 Å². The van der Waals surface area contributed by atoms with E-state index in [2.05, 4.69) is 0 Å². The molecule has 2 aromatic rings. The molecular weight excluding hydrogens is 393 g/mol. The molecule has 2 N–H and O–H groups in total. The molecule has 4 nitrogen and oxygen atoms in total. The number of hydrogen-bond acceptors (Lipinski definition) is 4. The normalized spacial score (nSPS) is 12.2. The molecule has 0 aromatic heterocycles. The highest BCUT2D eigenvalue weighted by Crippen LogP contribution is 2.30. The summed E-state index contributed by atoms with van der Waals surface area (Å²) < 4.78 is 8.29. The van der Waals surface area contributed by atoms with E-state index in [0.717, 1.165) is 9.32 Å². The Labute approximate surface area is 138 Å². The van der Waals surface area contributed by atoms with Crippen molar-refractivity contribution >= 4 is 42.2 Å². The summed E-state index contributed by atoms with van der Waals surface area (Å²) >= 11 is -0.263. The van der Waals surface area contributed by atoms with Gasteiger partial charge in [0.05, 0.1) is 3.57 Å². The number of ether oxygens (including phenoxy) is 1. The van der Waals surface area contributed by atoms with Crippen LogP contribution < -0.4 is 10.5 Å². The van der Waals surface area contributed by atoms with Crippen LogP contribution in [0.2, 0.25) is 0 Å². The van der Waals surface area contributed by atoms with Gasteiger partial charge in [-0.2, -0.15) is 0 Å². The molecule has 0 saturated heterocycles. The monoisotopic (exact) mass is 407 g/mol. The molecule has 5 heteroatoms. The Kier molecular flexibility index (Phi) is 4.33. The van der Waals surface area contributed by atoms with Crippen molar-refractivity contribution in [2.24, 2.45) is 0 Å². The first-order chi connectivity index (χ1) is 10.6. The molecule has 0 radical (unpaired) electrons. The fraction of sp³-hybridized carbons (Fsp3) is 0.118. The average Bonchev–Trinajstić information content (AvgIpc) is 2.99. The van der Waals surface area contributed by atoms with Gasteiger partial charge in [-0.25, -0.2) is 0 Å². The largest absolute Gasteiger partial charge is 0.458 e. The van der Waals surface area contributed by atoms with Crippen LogP contribution in [0.15, 0.2) is 42.5 Å². The summed E-state index contributed by atoms with van der Waals surface area (Å²) in [5, 5.41) is 0. The van der Waals surface area contributed by atoms with E-state index in [1.165, 1.54) is 0 Å². The molecule has 0 fully saturated rings. The maximum absolute atomic E-state index is 12.2. The van der Waals surface area contributed by atoms with Gasteiger partial charge in [0, 0.05) is 29.7 Å². The predicted molar refractivity (Wildman–Crippen MR) is 94.6 cm³/mol. The minimum absolute atomic E-state index is 0.0176. The van der Waals surface area contributed by atoms with Crippen LogP contribution in [-0.4, -0.2) is 15.8 Å². The highest BCUT2D eigenvalue weighted by atomic mass is 127. The Morgan fingerprint density at radius 1 is 1.00 bits per heavy atom. The van der Waals surface area contributed by atoms with Crippen molar-refractivity contribution in [2.45, 2.75) is 12.8 Å². The predicted octanol–water partition coefficient (Wildman–Crippen LogP) is 3.41. The molecule has 3 rings (SSSR count). The zero-order valence-corrected chi connectivity index (χ0v) is 13.9. The van der Waals surface area contributed by atoms with Crippen molar-refractivity contribution in [3.8, 4) is 5.75 Å². The van der Waals surface area contributed by atoms with Crippen LogP contribution in [0, 0.1) is 3.57 Å². The van der Waals surface area contributed by atoms with Gasteiger partial charge in [-0.3, -0.25) is 9.59 Å². The molecule has 0 amide bonds. The lowest BCUT2D eigenvalue weighted by atomic mass is 10.0. The van der Waals surface area contributed by atoms with Crippen molar-refractivity contribution in [1.29, 1.82) is 0 Å². The lowest BCUT2D eigenvalue weighted by Gasteiger charge is -2.04. The van der Waals surface area contributed by atoms with Crippen LogP contribution in [0.3, 0.4) is 0 Å². The van der Waals surface area contributed by atoms with Gasteiger partial charge >= 0.3 is 0 Å². The number of benzene rings is 2. The van der Waals surface area contributed by atoms with Crippen molar-refractivity contribution < 1.29 is 14.3 Å². The molecule has 1 heterocycles. The molecule has 1 aliphatic rings. The van der Waals surface area contributed by atoms with Crippen LogP contribution in [-0.2, 0) is 0 Å². The highest BCUT2D eigenvalue weighted by molar-refractivity contribution is 14.2. The minimum Gasteiger partial charge on any atom is -0.458 e. The van der Waals surface area contributed by atoms with E-state index in [1.807, 2.05) is 16.3 Å². The molecule has 0 spiro atoms. The molecule has 22 heavy (non-hydrogen) atoms. The Morgan fingerprint density at radius 2 is 1.73 bits per heavy atom. The first-order valence-electron chi connectivity index (χ1n) is 6.81. The number of rotatable bonds is 5. The Morgan fingerprint density at radius 3 is 2.45 bits per heavy atom. The fourth-order valence-corrected chi connectivity index (χ4v) is 4.01. The average molecular weight is 407 g/mol. The summed E-state index contributed by atoms with van der Waals surface area (Å²) in [7, 11) is 0. The number of anilines is 1. The van der Waals surface area contributed by atoms with E-state index in [4.69, 9.17) is 10.5 Å². The lowest BCUT2D eigenvalue weighted by molar-refractivity contribution is 0.0917. The van der Waals surface area contributed by atoms with Crippen LogP contribution in [0.1, 0.15) is 33.6 Å². The third kappa shape index (κ3) is 3.24. The number of halogens is 1. The molecule has 0 aliphatic carbocycles. The third-order valence-corrected chi connectivity index (χ3v) is 5.40. The fourth-order valence-electron chi connectivity index (χ4n) is 2.20. The first kappa shape index (κ1) is 14.9. The SMILES string of the molecule is Nc1cccc(C(=O)CCC(=O)c2ccc3c(c2)I=CO3)c1. The van der Waals surface area contributed by atoms with Gasteiger partial charge in [0.1, 0.15) is 9.95 Å². The zero-order valence-electron chi connectivity index (χ0n) is 11.7. The molecule has 0 unspecified atom stereocenters. The lowest BCUT2D eigenvalue weighted by Crippen LogP contribution is -2.06. The Bertz CT molecular complexity index is 783. The molecule has 112 valence electrons. The Hall–Kier alpha value is -2.02. The van der Waals surface area contributed by atoms with Gasteiger partial charge < -0.3 is 10.5 Å². The summed E-state index contributed by atoms with van der Waals surface area (Å²) in [5.41, 5.74) is 7.42. The zero-order chi connectivity index (χ0) is 15.5. The summed E-state index contributed by atoms with van der Waals surface area (Å²) in [5.74, 6) is 0.766. The Balaban J connectivity index is 1.65. The van der Waals surface area contributed by atoms with Gasteiger partial charge in [0.2, 0.25) is 0 Å². The molecule has 2 aromatic carbocycles. The van der Waals surface area contributed by atoms with Crippen molar-refractivity contribution in [2.75, 3.05) is 5.73 Å². The number of ketones is 2. The number of hydrogen-bond donors (Lipinski definition) is 1. The van der Waals surface area contributed by atoms with E-state index in [-0.39, 0.29) is 45.1 Å². The molecular formula is C17H14INO3. The van der Waals surface area contributed by atoms with Crippen molar-refractivity contribution in [1.82, 2.24) is 0 Å². The highest BCUT2D eigenvalue weighted by Gasteiger charge is 2.14. The second-order valence-electron chi connectivity index (χ2n) is 4.93.